The molecule has 2 heteroatoms. The Kier molecular flexibility index (Phi) is 13.5. The van der Waals surface area contributed by atoms with Gasteiger partial charge in [-0.1, -0.05) is 152 Å². The van der Waals surface area contributed by atoms with Gasteiger partial charge in [0, 0.05) is 5.92 Å². The van der Waals surface area contributed by atoms with Crippen molar-refractivity contribution in [3.05, 3.63) is 130 Å². The number of rotatable bonds is 10. The van der Waals surface area contributed by atoms with Gasteiger partial charge in [-0.25, -0.2) is 0 Å². The molecule has 0 aromatic heterocycles. The Balaban J connectivity index is 1.90. The van der Waals surface area contributed by atoms with Gasteiger partial charge in [0.1, 0.15) is 0 Å². The predicted octanol–water partition coefficient (Wildman–Crippen LogP) is 10.4. The molecule has 0 amide bonds. The van der Waals surface area contributed by atoms with Crippen molar-refractivity contribution >= 4 is 0 Å². The van der Waals surface area contributed by atoms with Crippen LogP contribution < -0.4 is 0 Å². The lowest BCUT2D eigenvalue weighted by atomic mass is 9.67. The minimum Gasteiger partial charge on any atom is -0.393 e. The summed E-state index contributed by atoms with van der Waals surface area (Å²) in [5.74, 6) is 0.348. The first kappa shape index (κ1) is 35.3. The number of hydrogen-bond acceptors (Lipinski definition) is 2. The molecule has 0 heterocycles. The first-order chi connectivity index (χ1) is 19.6. The number of aliphatic hydroxyl groups excluding tert-OH is 2. The molecule has 0 radical (unpaired) electrons. The van der Waals surface area contributed by atoms with E-state index in [0.29, 0.717) is 5.92 Å². The number of hydrogen-bond donors (Lipinski definition) is 2. The van der Waals surface area contributed by atoms with Gasteiger partial charge < -0.3 is 10.2 Å². The maximum absolute atomic E-state index is 10.1. The topological polar surface area (TPSA) is 40.5 Å². The van der Waals surface area contributed by atoms with Crippen molar-refractivity contribution < 1.29 is 10.2 Å². The summed E-state index contributed by atoms with van der Waals surface area (Å²) < 4.78 is 0. The van der Waals surface area contributed by atoms with Crippen LogP contribution in [0, 0.1) is 16.7 Å². The molecular weight excluding hydrogens is 512 g/mol. The minimum absolute atomic E-state index is 0.00528. The molecule has 42 heavy (non-hydrogen) atoms. The van der Waals surface area contributed by atoms with Crippen LogP contribution in [0.15, 0.2) is 130 Å². The van der Waals surface area contributed by atoms with Crippen molar-refractivity contribution in [2.75, 3.05) is 0 Å². The van der Waals surface area contributed by atoms with E-state index in [1.165, 1.54) is 39.0 Å². The van der Waals surface area contributed by atoms with E-state index < -0.39 is 0 Å². The lowest BCUT2D eigenvalue weighted by Gasteiger charge is -2.38. The average Bonchev–Trinajstić information content (AvgIpc) is 2.84. The highest BCUT2D eigenvalue weighted by Crippen LogP contribution is 2.42. The Morgan fingerprint density at radius 3 is 1.74 bits per heavy atom. The third-order valence-corrected chi connectivity index (χ3v) is 8.33. The Labute approximate surface area is 257 Å². The number of aliphatic hydroxyl groups is 2. The second kappa shape index (κ2) is 16.1. The van der Waals surface area contributed by atoms with Crippen LogP contribution in [0.1, 0.15) is 88.5 Å². The molecule has 0 bridgehead atoms. The van der Waals surface area contributed by atoms with Crippen LogP contribution in [-0.4, -0.2) is 22.4 Å². The van der Waals surface area contributed by atoms with Gasteiger partial charge in [-0.2, -0.15) is 0 Å². The lowest BCUT2D eigenvalue weighted by molar-refractivity contribution is 0.116. The van der Waals surface area contributed by atoms with E-state index in [1.807, 2.05) is 6.08 Å². The summed E-state index contributed by atoms with van der Waals surface area (Å²) in [6.45, 7) is 21.6. The first-order valence-electron chi connectivity index (χ1n) is 15.4. The molecule has 0 spiro atoms. The summed E-state index contributed by atoms with van der Waals surface area (Å²) in [7, 11) is 0. The van der Waals surface area contributed by atoms with Crippen molar-refractivity contribution in [2.24, 2.45) is 16.7 Å². The van der Waals surface area contributed by atoms with Gasteiger partial charge in [-0.3, -0.25) is 0 Å². The van der Waals surface area contributed by atoms with Crippen LogP contribution in [-0.2, 0) is 0 Å². The summed E-state index contributed by atoms with van der Waals surface area (Å²) in [5.41, 5.74) is 8.73. The Bertz CT molecular complexity index is 1270. The van der Waals surface area contributed by atoms with Crippen molar-refractivity contribution in [3.8, 4) is 0 Å². The average molecular weight is 569 g/mol. The van der Waals surface area contributed by atoms with Gasteiger partial charge in [0.2, 0.25) is 0 Å². The van der Waals surface area contributed by atoms with Gasteiger partial charge in [0.05, 0.1) is 12.2 Å². The van der Waals surface area contributed by atoms with Crippen molar-refractivity contribution in [1.82, 2.24) is 0 Å². The van der Waals surface area contributed by atoms with Crippen molar-refractivity contribution in [3.63, 3.8) is 0 Å². The smallest absolute Gasteiger partial charge is 0.0729 e. The van der Waals surface area contributed by atoms with E-state index in [0.717, 1.165) is 19.3 Å². The monoisotopic (exact) mass is 568 g/mol. The predicted molar refractivity (Wildman–Crippen MR) is 184 cm³/mol. The van der Waals surface area contributed by atoms with Crippen LogP contribution in [0.5, 0.6) is 0 Å². The molecule has 2 N–H and O–H groups in total. The Morgan fingerprint density at radius 1 is 0.714 bits per heavy atom. The fourth-order valence-electron chi connectivity index (χ4n) is 6.14. The molecule has 2 aliphatic carbocycles. The molecule has 2 aliphatic rings. The summed E-state index contributed by atoms with van der Waals surface area (Å²) in [6, 6.07) is 0. The fraction of sp³-hybridized carbons (Fsp3) is 0.450. The van der Waals surface area contributed by atoms with Crippen molar-refractivity contribution in [2.45, 2.75) is 101 Å². The van der Waals surface area contributed by atoms with Crippen LogP contribution in [0.4, 0.5) is 0 Å². The highest BCUT2D eigenvalue weighted by molar-refractivity contribution is 5.38. The second-order valence-corrected chi connectivity index (χ2v) is 13.7. The van der Waals surface area contributed by atoms with Gasteiger partial charge >= 0.3 is 0 Å². The van der Waals surface area contributed by atoms with Gasteiger partial charge in [0.15, 0.2) is 0 Å². The quantitative estimate of drug-likeness (QED) is 0.203. The van der Waals surface area contributed by atoms with Gasteiger partial charge in [-0.15, -0.1) is 0 Å². The second-order valence-electron chi connectivity index (χ2n) is 13.7. The summed E-state index contributed by atoms with van der Waals surface area (Å²) in [5, 5.41) is 20.2. The zero-order valence-corrected chi connectivity index (χ0v) is 27.9. The largest absolute Gasteiger partial charge is 0.393 e. The van der Waals surface area contributed by atoms with Crippen LogP contribution in [0.3, 0.4) is 0 Å². The molecule has 0 fully saturated rings. The molecule has 2 nitrogen and oxygen atoms in total. The summed E-state index contributed by atoms with van der Waals surface area (Å²) in [4.78, 5) is 0. The number of allylic oxidation sites excluding steroid dienone is 20. The third kappa shape index (κ3) is 11.7. The Morgan fingerprint density at radius 2 is 1.21 bits per heavy atom. The van der Waals surface area contributed by atoms with E-state index in [1.54, 1.807) is 0 Å². The Hall–Kier alpha value is -2.94. The molecule has 0 unspecified atom stereocenters. The van der Waals surface area contributed by atoms with E-state index in [2.05, 4.69) is 154 Å². The molecule has 2 rings (SSSR count). The van der Waals surface area contributed by atoms with E-state index in [9.17, 15) is 10.2 Å². The SMILES string of the molecule is CC1=C[C@H](O)CC(C)(C)[C@@H]1/C=C/C(C)=C/C=C/C(C)=C/C=C/C=C(C)/C=C/C=C(C)/C=C/C1=C(C)C[C@@H](O)CC1(C)C. The van der Waals surface area contributed by atoms with Gasteiger partial charge in [-0.05, 0) is 77.2 Å². The first-order valence-corrected chi connectivity index (χ1v) is 15.4. The van der Waals surface area contributed by atoms with Crippen LogP contribution in [0.2, 0.25) is 0 Å². The van der Waals surface area contributed by atoms with Crippen molar-refractivity contribution in [1.29, 1.82) is 0 Å². The maximum atomic E-state index is 10.1. The third-order valence-electron chi connectivity index (χ3n) is 8.33. The summed E-state index contributed by atoms with van der Waals surface area (Å²) >= 11 is 0. The molecular formula is C40H56O2. The fourth-order valence-corrected chi connectivity index (χ4v) is 6.14. The van der Waals surface area contributed by atoms with Crippen LogP contribution >= 0.6 is 0 Å². The van der Waals surface area contributed by atoms with Gasteiger partial charge in [0.25, 0.3) is 0 Å². The molecule has 0 aromatic rings. The lowest BCUT2D eigenvalue weighted by Crippen LogP contribution is -2.32. The molecule has 0 saturated heterocycles. The minimum atomic E-state index is -0.331. The van der Waals surface area contributed by atoms with Crippen LogP contribution in [0.25, 0.3) is 0 Å². The molecule has 0 saturated carbocycles. The standard InChI is InChI=1S/C40H56O2/c1-29(17-13-19-31(3)21-23-37-33(5)25-35(41)27-39(37,7)8)15-11-12-16-30(2)18-14-20-32(4)22-24-38-34(6)26-36(42)28-40(38,9)10/h11-25,35-37,41-42H,26-28H2,1-10H3/b12-11+,17-13+,18-14+,23-21+,24-22+,29-15+,30-16+,31-19+,32-20+/t35-,36+,37+/m0/s1. The van der Waals surface area contributed by atoms with E-state index >= 15 is 0 Å². The highest BCUT2D eigenvalue weighted by Gasteiger charge is 2.34. The van der Waals surface area contributed by atoms with E-state index in [-0.39, 0.29) is 23.0 Å². The highest BCUT2D eigenvalue weighted by atomic mass is 16.3. The normalized spacial score (nSPS) is 26.6. The van der Waals surface area contributed by atoms with E-state index in [4.69, 9.17) is 0 Å². The summed E-state index contributed by atoms with van der Waals surface area (Å²) in [6.07, 6.45) is 33.8. The molecule has 228 valence electrons. The zero-order chi connectivity index (χ0) is 31.5. The molecule has 0 aliphatic heterocycles. The molecule has 3 atom stereocenters. The zero-order valence-electron chi connectivity index (χ0n) is 27.9. The maximum Gasteiger partial charge on any atom is 0.0729 e. The molecule has 0 aromatic carbocycles.